The predicted molar refractivity (Wildman–Crippen MR) is 84.5 cm³/mol. The summed E-state index contributed by atoms with van der Waals surface area (Å²) >= 11 is 0. The molecule has 0 aromatic heterocycles. The zero-order valence-corrected chi connectivity index (χ0v) is 12.1. The van der Waals surface area contributed by atoms with Crippen LogP contribution in [0.15, 0.2) is 48.5 Å². The topological polar surface area (TPSA) is 41.1 Å². The molecule has 2 rings (SSSR count). The van der Waals surface area contributed by atoms with E-state index in [4.69, 9.17) is 0 Å². The zero-order valence-electron chi connectivity index (χ0n) is 12.1. The first-order valence-corrected chi connectivity index (χ1v) is 6.80. The SMILES string of the molecule is CNc1ccccc1C(=O)Nc1cccc(C(C)C)c1. The fourth-order valence-electron chi connectivity index (χ4n) is 2.07. The van der Waals surface area contributed by atoms with Gasteiger partial charge in [0.05, 0.1) is 5.56 Å². The summed E-state index contributed by atoms with van der Waals surface area (Å²) in [4.78, 5) is 12.3. The van der Waals surface area contributed by atoms with Crippen LogP contribution in [0.1, 0.15) is 35.7 Å². The minimum absolute atomic E-state index is 0.101. The van der Waals surface area contributed by atoms with Crippen molar-refractivity contribution < 1.29 is 4.79 Å². The predicted octanol–water partition coefficient (Wildman–Crippen LogP) is 4.10. The van der Waals surface area contributed by atoms with Gasteiger partial charge in [-0.3, -0.25) is 4.79 Å². The van der Waals surface area contributed by atoms with Crippen LogP contribution < -0.4 is 10.6 Å². The molecule has 0 heterocycles. The molecule has 104 valence electrons. The molecule has 3 heteroatoms. The first-order chi connectivity index (χ1) is 9.61. The van der Waals surface area contributed by atoms with E-state index in [2.05, 4.69) is 30.5 Å². The van der Waals surface area contributed by atoms with Crippen molar-refractivity contribution in [2.24, 2.45) is 0 Å². The van der Waals surface area contributed by atoms with Crippen molar-refractivity contribution in [3.63, 3.8) is 0 Å². The van der Waals surface area contributed by atoms with Gasteiger partial charge in [-0.2, -0.15) is 0 Å². The number of carbonyl (C=O) groups is 1. The van der Waals surface area contributed by atoms with E-state index in [1.807, 2.05) is 49.5 Å². The molecule has 0 radical (unpaired) electrons. The van der Waals surface area contributed by atoms with Crippen LogP contribution in [0.25, 0.3) is 0 Å². The van der Waals surface area contributed by atoms with Crippen LogP contribution in [0.4, 0.5) is 11.4 Å². The number of hydrogen-bond donors (Lipinski definition) is 2. The first kappa shape index (κ1) is 14.1. The van der Waals surface area contributed by atoms with Gasteiger partial charge in [-0.05, 0) is 35.7 Å². The van der Waals surface area contributed by atoms with E-state index in [9.17, 15) is 4.79 Å². The lowest BCUT2D eigenvalue weighted by molar-refractivity contribution is 0.102. The molecule has 1 amide bonds. The van der Waals surface area contributed by atoms with Crippen LogP contribution in [-0.4, -0.2) is 13.0 Å². The second kappa shape index (κ2) is 6.24. The number of hydrogen-bond acceptors (Lipinski definition) is 2. The highest BCUT2D eigenvalue weighted by molar-refractivity contribution is 6.08. The third-order valence-electron chi connectivity index (χ3n) is 3.25. The average molecular weight is 268 g/mol. The molecular formula is C17H20N2O. The van der Waals surface area contributed by atoms with Gasteiger partial charge < -0.3 is 10.6 Å². The van der Waals surface area contributed by atoms with Gasteiger partial charge in [0.1, 0.15) is 0 Å². The lowest BCUT2D eigenvalue weighted by atomic mass is 10.0. The number of amides is 1. The second-order valence-corrected chi connectivity index (χ2v) is 5.03. The van der Waals surface area contributed by atoms with Crippen LogP contribution in [0.3, 0.4) is 0 Å². The number of benzene rings is 2. The highest BCUT2D eigenvalue weighted by Crippen LogP contribution is 2.20. The maximum Gasteiger partial charge on any atom is 0.257 e. The second-order valence-electron chi connectivity index (χ2n) is 5.03. The molecule has 2 N–H and O–H groups in total. The average Bonchev–Trinajstić information content (AvgIpc) is 2.47. The van der Waals surface area contributed by atoms with Crippen LogP contribution >= 0.6 is 0 Å². The largest absolute Gasteiger partial charge is 0.387 e. The number of carbonyl (C=O) groups excluding carboxylic acids is 1. The summed E-state index contributed by atoms with van der Waals surface area (Å²) in [6, 6.07) is 15.4. The summed E-state index contributed by atoms with van der Waals surface area (Å²) < 4.78 is 0. The smallest absolute Gasteiger partial charge is 0.257 e. The molecule has 0 aliphatic carbocycles. The standard InChI is InChI=1S/C17H20N2O/c1-12(2)13-7-6-8-14(11-13)19-17(20)15-9-4-5-10-16(15)18-3/h4-12,18H,1-3H3,(H,19,20). The summed E-state index contributed by atoms with van der Waals surface area (Å²) in [5.41, 5.74) is 3.51. The fourth-order valence-corrected chi connectivity index (χ4v) is 2.07. The number of nitrogens with one attached hydrogen (secondary N) is 2. The van der Waals surface area contributed by atoms with E-state index in [0.29, 0.717) is 11.5 Å². The molecule has 0 saturated heterocycles. The Labute approximate surface area is 120 Å². The van der Waals surface area contributed by atoms with Crippen molar-refractivity contribution in [3.8, 4) is 0 Å². The van der Waals surface area contributed by atoms with Gasteiger partial charge in [0.2, 0.25) is 0 Å². The molecule has 0 unspecified atom stereocenters. The lowest BCUT2D eigenvalue weighted by Gasteiger charge is -2.11. The summed E-state index contributed by atoms with van der Waals surface area (Å²) in [5, 5.41) is 5.98. The molecule has 0 aliphatic heterocycles. The quantitative estimate of drug-likeness (QED) is 0.876. The number of rotatable bonds is 4. The Bertz CT molecular complexity index is 605. The van der Waals surface area contributed by atoms with Crippen LogP contribution in [0.5, 0.6) is 0 Å². The van der Waals surface area contributed by atoms with Crippen LogP contribution in [-0.2, 0) is 0 Å². The normalized spacial score (nSPS) is 10.4. The third kappa shape index (κ3) is 3.18. The van der Waals surface area contributed by atoms with Gasteiger partial charge in [-0.15, -0.1) is 0 Å². The maximum atomic E-state index is 12.3. The highest BCUT2D eigenvalue weighted by atomic mass is 16.1. The van der Waals surface area contributed by atoms with Crippen molar-refractivity contribution in [2.45, 2.75) is 19.8 Å². The highest BCUT2D eigenvalue weighted by Gasteiger charge is 2.10. The van der Waals surface area contributed by atoms with E-state index in [0.717, 1.165) is 11.4 Å². The van der Waals surface area contributed by atoms with E-state index in [1.165, 1.54) is 5.56 Å². The van der Waals surface area contributed by atoms with Gasteiger partial charge in [0.25, 0.3) is 5.91 Å². The van der Waals surface area contributed by atoms with Crippen molar-refractivity contribution in [1.82, 2.24) is 0 Å². The summed E-state index contributed by atoms with van der Waals surface area (Å²) in [6.45, 7) is 4.27. The summed E-state index contributed by atoms with van der Waals surface area (Å²) in [7, 11) is 1.81. The van der Waals surface area contributed by atoms with Gasteiger partial charge in [0.15, 0.2) is 0 Å². The molecule has 0 atom stereocenters. The Hall–Kier alpha value is -2.29. The van der Waals surface area contributed by atoms with E-state index in [1.54, 1.807) is 0 Å². The van der Waals surface area contributed by atoms with E-state index >= 15 is 0 Å². The number of anilines is 2. The molecule has 0 aliphatic rings. The van der Waals surface area contributed by atoms with Crippen molar-refractivity contribution in [2.75, 3.05) is 17.7 Å². The molecule has 0 bridgehead atoms. The Morgan fingerprint density at radius 2 is 1.80 bits per heavy atom. The molecule has 0 fully saturated rings. The Kier molecular flexibility index (Phi) is 4.41. The van der Waals surface area contributed by atoms with Crippen molar-refractivity contribution in [3.05, 3.63) is 59.7 Å². The van der Waals surface area contributed by atoms with Gasteiger partial charge >= 0.3 is 0 Å². The Balaban J connectivity index is 2.21. The monoisotopic (exact) mass is 268 g/mol. The molecule has 0 spiro atoms. The third-order valence-corrected chi connectivity index (χ3v) is 3.25. The lowest BCUT2D eigenvalue weighted by Crippen LogP contribution is -2.14. The maximum absolute atomic E-state index is 12.3. The van der Waals surface area contributed by atoms with Gasteiger partial charge in [0, 0.05) is 18.4 Å². The molecular weight excluding hydrogens is 248 g/mol. The van der Waals surface area contributed by atoms with Crippen LogP contribution in [0, 0.1) is 0 Å². The van der Waals surface area contributed by atoms with E-state index in [-0.39, 0.29) is 5.91 Å². The summed E-state index contributed by atoms with van der Waals surface area (Å²) in [6.07, 6.45) is 0. The van der Waals surface area contributed by atoms with Crippen LogP contribution in [0.2, 0.25) is 0 Å². The molecule has 2 aromatic carbocycles. The number of para-hydroxylation sites is 1. The Morgan fingerprint density at radius 1 is 1.05 bits per heavy atom. The van der Waals surface area contributed by atoms with Crippen molar-refractivity contribution in [1.29, 1.82) is 0 Å². The van der Waals surface area contributed by atoms with Crippen molar-refractivity contribution >= 4 is 17.3 Å². The molecule has 3 nitrogen and oxygen atoms in total. The minimum Gasteiger partial charge on any atom is -0.387 e. The molecule has 2 aromatic rings. The minimum atomic E-state index is -0.101. The molecule has 0 saturated carbocycles. The Morgan fingerprint density at radius 3 is 2.50 bits per heavy atom. The van der Waals surface area contributed by atoms with Gasteiger partial charge in [-0.1, -0.05) is 38.1 Å². The van der Waals surface area contributed by atoms with E-state index < -0.39 is 0 Å². The van der Waals surface area contributed by atoms with Gasteiger partial charge in [-0.25, -0.2) is 0 Å². The summed E-state index contributed by atoms with van der Waals surface area (Å²) in [5.74, 6) is 0.340. The first-order valence-electron chi connectivity index (χ1n) is 6.80. The molecule has 20 heavy (non-hydrogen) atoms. The zero-order chi connectivity index (χ0) is 14.5. The fraction of sp³-hybridized carbons (Fsp3) is 0.235.